The van der Waals surface area contributed by atoms with E-state index < -0.39 is 11.8 Å². The minimum Gasteiger partial charge on any atom is -0.497 e. The molecule has 2 aromatic carbocycles. The van der Waals surface area contributed by atoms with Crippen LogP contribution in [0.3, 0.4) is 0 Å². The van der Waals surface area contributed by atoms with E-state index in [1.165, 1.54) is 24.5 Å². The number of nitrogens with one attached hydrogen (secondary N) is 1. The maximum atomic E-state index is 13.4. The summed E-state index contributed by atoms with van der Waals surface area (Å²) in [4.78, 5) is 29.7. The van der Waals surface area contributed by atoms with Crippen molar-refractivity contribution < 1.29 is 23.5 Å². The van der Waals surface area contributed by atoms with E-state index in [-0.39, 0.29) is 17.5 Å². The van der Waals surface area contributed by atoms with E-state index in [0.717, 1.165) is 24.2 Å². The highest BCUT2D eigenvalue weighted by Crippen LogP contribution is 2.36. The zero-order chi connectivity index (χ0) is 25.7. The first-order valence-corrected chi connectivity index (χ1v) is 12.7. The highest BCUT2D eigenvalue weighted by molar-refractivity contribution is 7.15. The molecule has 1 aliphatic heterocycles. The topological polar surface area (TPSA) is 71.1 Å². The number of methoxy groups -OCH3 is 2. The number of halogens is 2. The van der Waals surface area contributed by atoms with E-state index in [4.69, 9.17) is 21.1 Å². The summed E-state index contributed by atoms with van der Waals surface area (Å²) in [6.45, 7) is 3.87. The maximum Gasteiger partial charge on any atom is 0.341 e. The molecular formula is C26H27ClFN3O4S. The average molecular weight is 532 g/mol. The predicted molar refractivity (Wildman–Crippen MR) is 139 cm³/mol. The Hall–Kier alpha value is -2.98. The number of hydrogen-bond acceptors (Lipinski definition) is 7. The van der Waals surface area contributed by atoms with Crippen molar-refractivity contribution >= 4 is 39.8 Å². The third-order valence-electron chi connectivity index (χ3n) is 6.06. The van der Waals surface area contributed by atoms with Crippen molar-refractivity contribution in [2.45, 2.75) is 6.54 Å². The number of benzene rings is 2. The first-order chi connectivity index (χ1) is 17.4. The summed E-state index contributed by atoms with van der Waals surface area (Å²) in [7, 11) is 2.91. The molecule has 4 rings (SSSR count). The Morgan fingerprint density at radius 2 is 1.75 bits per heavy atom. The third kappa shape index (κ3) is 6.22. The summed E-state index contributed by atoms with van der Waals surface area (Å²) in [6, 6.07) is 12.1. The molecule has 0 saturated carbocycles. The largest absolute Gasteiger partial charge is 0.497 e. The van der Waals surface area contributed by atoms with Crippen LogP contribution in [-0.2, 0) is 16.1 Å². The van der Waals surface area contributed by atoms with Crippen molar-refractivity contribution in [2.75, 3.05) is 52.3 Å². The minimum atomic E-state index is -0.508. The van der Waals surface area contributed by atoms with E-state index >= 15 is 0 Å². The molecule has 0 spiro atoms. The van der Waals surface area contributed by atoms with Gasteiger partial charge in [-0.15, -0.1) is 11.3 Å². The third-order valence-corrected chi connectivity index (χ3v) is 7.24. The maximum absolute atomic E-state index is 13.4. The summed E-state index contributed by atoms with van der Waals surface area (Å²) >= 11 is 7.18. The van der Waals surface area contributed by atoms with Gasteiger partial charge < -0.3 is 14.8 Å². The molecule has 1 aliphatic rings. The molecule has 1 aromatic heterocycles. The van der Waals surface area contributed by atoms with Gasteiger partial charge in [-0.1, -0.05) is 29.8 Å². The van der Waals surface area contributed by atoms with Crippen LogP contribution in [-0.4, -0.2) is 68.6 Å². The highest BCUT2D eigenvalue weighted by Gasteiger charge is 2.24. The lowest BCUT2D eigenvalue weighted by Crippen LogP contribution is -2.48. The Bertz CT molecular complexity index is 1230. The number of esters is 1. The van der Waals surface area contributed by atoms with Crippen molar-refractivity contribution in [1.29, 1.82) is 0 Å². The second-order valence-corrected chi connectivity index (χ2v) is 9.71. The number of carbonyl (C=O) groups is 2. The number of amides is 1. The van der Waals surface area contributed by atoms with E-state index in [1.807, 2.05) is 29.6 Å². The Labute approximate surface area is 218 Å². The van der Waals surface area contributed by atoms with Crippen molar-refractivity contribution in [3.8, 4) is 16.9 Å². The van der Waals surface area contributed by atoms with E-state index in [0.29, 0.717) is 41.5 Å². The fourth-order valence-electron chi connectivity index (χ4n) is 4.11. The molecule has 0 unspecified atom stereocenters. The molecular weight excluding hydrogens is 505 g/mol. The van der Waals surface area contributed by atoms with E-state index in [1.54, 1.807) is 19.2 Å². The van der Waals surface area contributed by atoms with Crippen LogP contribution in [0.4, 0.5) is 9.39 Å². The summed E-state index contributed by atoms with van der Waals surface area (Å²) < 4.78 is 23.6. The minimum absolute atomic E-state index is 0.123. The fourth-order valence-corrected chi connectivity index (χ4v) is 5.29. The molecule has 10 heteroatoms. The van der Waals surface area contributed by atoms with Crippen LogP contribution < -0.4 is 10.1 Å². The van der Waals surface area contributed by atoms with Gasteiger partial charge in [-0.2, -0.15) is 0 Å². The summed E-state index contributed by atoms with van der Waals surface area (Å²) in [5.41, 5.74) is 2.81. The number of rotatable bonds is 8. The molecule has 3 aromatic rings. The van der Waals surface area contributed by atoms with Crippen molar-refractivity contribution in [1.82, 2.24) is 9.80 Å². The lowest BCUT2D eigenvalue weighted by atomic mass is 10.0. The first kappa shape index (κ1) is 26.1. The summed E-state index contributed by atoms with van der Waals surface area (Å²) in [6.07, 6.45) is 0. The SMILES string of the molecule is COC(=O)c1c(-c2ccc(OC)cc2)csc1NC(=O)CN1CCN(Cc2ccc(F)c(Cl)c2)CC1. The van der Waals surface area contributed by atoms with Gasteiger partial charge in [-0.05, 0) is 35.4 Å². The van der Waals surface area contributed by atoms with Gasteiger partial charge in [0.25, 0.3) is 0 Å². The molecule has 1 amide bonds. The monoisotopic (exact) mass is 531 g/mol. The van der Waals surface area contributed by atoms with Gasteiger partial charge in [-0.3, -0.25) is 14.6 Å². The molecule has 1 fully saturated rings. The molecule has 190 valence electrons. The normalized spacial score (nSPS) is 14.4. The predicted octanol–water partition coefficient (Wildman–Crippen LogP) is 4.76. The molecule has 36 heavy (non-hydrogen) atoms. The van der Waals surface area contributed by atoms with Gasteiger partial charge in [-0.25, -0.2) is 9.18 Å². The number of nitrogens with zero attached hydrogens (tertiary/aromatic N) is 2. The van der Waals surface area contributed by atoms with Crippen LogP contribution in [0.1, 0.15) is 15.9 Å². The molecule has 7 nitrogen and oxygen atoms in total. The second-order valence-electron chi connectivity index (χ2n) is 8.42. The number of ether oxygens (including phenoxy) is 2. The van der Waals surface area contributed by atoms with Crippen LogP contribution in [0.15, 0.2) is 47.8 Å². The van der Waals surface area contributed by atoms with Crippen LogP contribution in [0.5, 0.6) is 5.75 Å². The van der Waals surface area contributed by atoms with Crippen LogP contribution >= 0.6 is 22.9 Å². The fraction of sp³-hybridized carbons (Fsp3) is 0.308. The molecule has 1 N–H and O–H groups in total. The van der Waals surface area contributed by atoms with Gasteiger partial charge in [0.1, 0.15) is 22.1 Å². The van der Waals surface area contributed by atoms with E-state index in [9.17, 15) is 14.0 Å². The van der Waals surface area contributed by atoms with Gasteiger partial charge in [0.15, 0.2) is 0 Å². The van der Waals surface area contributed by atoms with Crippen molar-refractivity contribution in [2.24, 2.45) is 0 Å². The summed E-state index contributed by atoms with van der Waals surface area (Å²) in [5.74, 6) is -0.411. The second kappa shape index (κ2) is 11.8. The zero-order valence-corrected chi connectivity index (χ0v) is 21.6. The van der Waals surface area contributed by atoms with Gasteiger partial charge >= 0.3 is 5.97 Å². The van der Waals surface area contributed by atoms with Gasteiger partial charge in [0.2, 0.25) is 5.91 Å². The Kier molecular flexibility index (Phi) is 8.58. The van der Waals surface area contributed by atoms with Crippen LogP contribution in [0, 0.1) is 5.82 Å². The smallest absolute Gasteiger partial charge is 0.341 e. The van der Waals surface area contributed by atoms with Crippen molar-refractivity contribution in [3.05, 3.63) is 69.8 Å². The quantitative estimate of drug-likeness (QED) is 0.423. The zero-order valence-electron chi connectivity index (χ0n) is 20.1. The molecule has 0 aliphatic carbocycles. The Morgan fingerprint density at radius 3 is 2.39 bits per heavy atom. The average Bonchev–Trinajstić information content (AvgIpc) is 3.30. The van der Waals surface area contributed by atoms with E-state index in [2.05, 4.69) is 15.1 Å². The number of anilines is 1. The number of hydrogen-bond donors (Lipinski definition) is 1. The van der Waals surface area contributed by atoms with Crippen molar-refractivity contribution in [3.63, 3.8) is 0 Å². The standard InChI is InChI=1S/C26H27ClFN3O4S/c1-34-19-6-4-18(5-7-19)20-16-36-25(24(20)26(33)35-2)29-23(32)15-31-11-9-30(10-12-31)14-17-3-8-22(28)21(27)13-17/h3-8,13,16H,9-12,14-15H2,1-2H3,(H,29,32). The highest BCUT2D eigenvalue weighted by atomic mass is 35.5. The number of piperazine rings is 1. The molecule has 2 heterocycles. The van der Waals surface area contributed by atoms with Gasteiger partial charge in [0, 0.05) is 43.7 Å². The summed E-state index contributed by atoms with van der Waals surface area (Å²) in [5, 5.41) is 5.32. The molecule has 0 radical (unpaired) electrons. The lowest BCUT2D eigenvalue weighted by Gasteiger charge is -2.34. The lowest BCUT2D eigenvalue weighted by molar-refractivity contribution is -0.117. The van der Waals surface area contributed by atoms with Crippen LogP contribution in [0.2, 0.25) is 5.02 Å². The van der Waals surface area contributed by atoms with Crippen LogP contribution in [0.25, 0.3) is 11.1 Å². The van der Waals surface area contributed by atoms with Gasteiger partial charge in [0.05, 0.1) is 25.8 Å². The number of carbonyl (C=O) groups excluding carboxylic acids is 2. The first-order valence-electron chi connectivity index (χ1n) is 11.4. The Morgan fingerprint density at radius 1 is 1.06 bits per heavy atom. The Balaban J connectivity index is 1.35. The molecule has 1 saturated heterocycles. The molecule has 0 bridgehead atoms. The number of thiophene rings is 1. The molecule has 0 atom stereocenters.